The molecule has 0 amide bonds. The van der Waals surface area contributed by atoms with Crippen molar-refractivity contribution in [3.05, 3.63) is 11.6 Å². The van der Waals surface area contributed by atoms with E-state index in [2.05, 4.69) is 20.1 Å². The molecule has 0 radical (unpaired) electrons. The fourth-order valence-corrected chi connectivity index (χ4v) is 2.31. The molecule has 18 heavy (non-hydrogen) atoms. The normalized spacial score (nSPS) is 16.6. The van der Waals surface area contributed by atoms with Crippen molar-refractivity contribution in [2.24, 2.45) is 5.92 Å². The number of carboxylic acid groups (broad SMARTS) is 1. The van der Waals surface area contributed by atoms with Crippen LogP contribution in [0.4, 0.5) is 0 Å². The van der Waals surface area contributed by atoms with E-state index < -0.39 is 12.0 Å². The standard InChI is InChI=1S/C12H20N4O2/c1-8(2)11(12(17)18)13-7-10-15-14-9-5-3-4-6-16(9)10/h8,11,13H,3-7H2,1-2H3,(H,17,18). The molecule has 1 aliphatic rings. The lowest BCUT2D eigenvalue weighted by molar-refractivity contribution is -0.140. The smallest absolute Gasteiger partial charge is 0.320 e. The number of aliphatic carboxylic acids is 1. The minimum Gasteiger partial charge on any atom is -0.480 e. The van der Waals surface area contributed by atoms with E-state index in [0.29, 0.717) is 6.54 Å². The number of fused-ring (bicyclic) bond motifs is 1. The highest BCUT2D eigenvalue weighted by Gasteiger charge is 2.22. The number of hydrogen-bond acceptors (Lipinski definition) is 4. The zero-order valence-electron chi connectivity index (χ0n) is 10.9. The largest absolute Gasteiger partial charge is 0.480 e. The predicted octanol–water partition coefficient (Wildman–Crippen LogP) is 0.813. The molecular formula is C12H20N4O2. The summed E-state index contributed by atoms with van der Waals surface area (Å²) in [6.45, 7) is 5.19. The third-order valence-corrected chi connectivity index (χ3v) is 3.35. The van der Waals surface area contributed by atoms with Crippen molar-refractivity contribution in [2.75, 3.05) is 0 Å². The maximum Gasteiger partial charge on any atom is 0.320 e. The third-order valence-electron chi connectivity index (χ3n) is 3.35. The second kappa shape index (κ2) is 5.48. The Bertz CT molecular complexity index is 428. The Kier molecular flexibility index (Phi) is 3.96. The quantitative estimate of drug-likeness (QED) is 0.810. The highest BCUT2D eigenvalue weighted by molar-refractivity contribution is 5.73. The van der Waals surface area contributed by atoms with Crippen LogP contribution in [-0.2, 0) is 24.3 Å². The molecular weight excluding hydrogens is 232 g/mol. The number of hydrogen-bond donors (Lipinski definition) is 2. The number of aromatic nitrogens is 3. The Morgan fingerprint density at radius 1 is 1.44 bits per heavy atom. The van der Waals surface area contributed by atoms with Crippen molar-refractivity contribution < 1.29 is 9.90 Å². The summed E-state index contributed by atoms with van der Waals surface area (Å²) in [5.74, 6) is 1.10. The Morgan fingerprint density at radius 2 is 2.22 bits per heavy atom. The highest BCUT2D eigenvalue weighted by Crippen LogP contribution is 2.14. The monoisotopic (exact) mass is 252 g/mol. The van der Waals surface area contributed by atoms with E-state index in [9.17, 15) is 4.79 Å². The van der Waals surface area contributed by atoms with E-state index in [-0.39, 0.29) is 5.92 Å². The Labute approximate surface area is 106 Å². The molecule has 0 saturated carbocycles. The molecule has 1 aromatic rings. The SMILES string of the molecule is CC(C)C(NCc1nnc2n1CCCC2)C(=O)O. The summed E-state index contributed by atoms with van der Waals surface area (Å²) in [5.41, 5.74) is 0. The molecule has 6 nitrogen and oxygen atoms in total. The first kappa shape index (κ1) is 13.0. The second-order valence-corrected chi connectivity index (χ2v) is 5.08. The summed E-state index contributed by atoms with van der Waals surface area (Å²) < 4.78 is 2.11. The number of aryl methyl sites for hydroxylation is 1. The van der Waals surface area contributed by atoms with Gasteiger partial charge < -0.3 is 9.67 Å². The lowest BCUT2D eigenvalue weighted by atomic mass is 10.1. The summed E-state index contributed by atoms with van der Waals surface area (Å²) in [5, 5.41) is 20.4. The van der Waals surface area contributed by atoms with Gasteiger partial charge in [-0.2, -0.15) is 0 Å². The molecule has 2 rings (SSSR count). The van der Waals surface area contributed by atoms with Gasteiger partial charge in [-0.25, -0.2) is 0 Å². The van der Waals surface area contributed by atoms with Gasteiger partial charge in [-0.15, -0.1) is 10.2 Å². The molecule has 2 heterocycles. The summed E-state index contributed by atoms with van der Waals surface area (Å²) >= 11 is 0. The van der Waals surface area contributed by atoms with Crippen LogP contribution in [0.25, 0.3) is 0 Å². The molecule has 1 aliphatic heterocycles. The van der Waals surface area contributed by atoms with Gasteiger partial charge >= 0.3 is 5.97 Å². The summed E-state index contributed by atoms with van der Waals surface area (Å²) in [6, 6.07) is -0.540. The van der Waals surface area contributed by atoms with Crippen molar-refractivity contribution in [3.8, 4) is 0 Å². The van der Waals surface area contributed by atoms with Gasteiger partial charge in [0.1, 0.15) is 17.7 Å². The second-order valence-electron chi connectivity index (χ2n) is 5.08. The first-order chi connectivity index (χ1) is 8.59. The van der Waals surface area contributed by atoms with Gasteiger partial charge in [0.15, 0.2) is 0 Å². The first-order valence-electron chi connectivity index (χ1n) is 6.46. The average molecular weight is 252 g/mol. The molecule has 0 aliphatic carbocycles. The van der Waals surface area contributed by atoms with Gasteiger partial charge in [-0.05, 0) is 18.8 Å². The molecule has 2 N–H and O–H groups in total. The van der Waals surface area contributed by atoms with E-state index in [1.165, 1.54) is 0 Å². The van der Waals surface area contributed by atoms with Crippen LogP contribution in [0.3, 0.4) is 0 Å². The maximum absolute atomic E-state index is 11.1. The summed E-state index contributed by atoms with van der Waals surface area (Å²) in [6.07, 6.45) is 3.28. The van der Waals surface area contributed by atoms with Crippen molar-refractivity contribution in [2.45, 2.75) is 52.2 Å². The van der Waals surface area contributed by atoms with Crippen LogP contribution in [-0.4, -0.2) is 31.9 Å². The highest BCUT2D eigenvalue weighted by atomic mass is 16.4. The molecule has 0 spiro atoms. The van der Waals surface area contributed by atoms with Crippen LogP contribution in [0.5, 0.6) is 0 Å². The molecule has 1 unspecified atom stereocenters. The predicted molar refractivity (Wildman–Crippen MR) is 66.1 cm³/mol. The fourth-order valence-electron chi connectivity index (χ4n) is 2.31. The molecule has 6 heteroatoms. The van der Waals surface area contributed by atoms with Crippen molar-refractivity contribution in [1.29, 1.82) is 0 Å². The van der Waals surface area contributed by atoms with E-state index in [1.807, 2.05) is 13.8 Å². The minimum atomic E-state index is -0.816. The zero-order valence-corrected chi connectivity index (χ0v) is 10.9. The van der Waals surface area contributed by atoms with Crippen LogP contribution in [0.15, 0.2) is 0 Å². The van der Waals surface area contributed by atoms with Crippen LogP contribution in [0.1, 0.15) is 38.3 Å². The summed E-state index contributed by atoms with van der Waals surface area (Å²) in [7, 11) is 0. The van der Waals surface area contributed by atoms with E-state index in [0.717, 1.165) is 37.5 Å². The first-order valence-corrected chi connectivity index (χ1v) is 6.46. The Hall–Kier alpha value is -1.43. The van der Waals surface area contributed by atoms with Gasteiger partial charge in [0.05, 0.1) is 6.54 Å². The molecule has 0 fully saturated rings. The lowest BCUT2D eigenvalue weighted by Gasteiger charge is -2.19. The van der Waals surface area contributed by atoms with Gasteiger partial charge in [-0.1, -0.05) is 13.8 Å². The van der Waals surface area contributed by atoms with E-state index >= 15 is 0 Å². The van der Waals surface area contributed by atoms with Crippen molar-refractivity contribution in [3.63, 3.8) is 0 Å². The van der Waals surface area contributed by atoms with Crippen molar-refractivity contribution >= 4 is 5.97 Å². The average Bonchev–Trinajstić information content (AvgIpc) is 2.72. The van der Waals surface area contributed by atoms with Crippen LogP contribution in [0.2, 0.25) is 0 Å². The molecule has 0 aromatic carbocycles. The molecule has 0 bridgehead atoms. The van der Waals surface area contributed by atoms with Gasteiger partial charge in [-0.3, -0.25) is 10.1 Å². The Balaban J connectivity index is 2.01. The fraction of sp³-hybridized carbons (Fsp3) is 0.750. The van der Waals surface area contributed by atoms with Crippen LogP contribution >= 0.6 is 0 Å². The zero-order chi connectivity index (χ0) is 13.1. The molecule has 0 saturated heterocycles. The Morgan fingerprint density at radius 3 is 2.89 bits per heavy atom. The number of nitrogens with zero attached hydrogens (tertiary/aromatic N) is 3. The number of carbonyl (C=O) groups is 1. The van der Waals surface area contributed by atoms with E-state index in [1.54, 1.807) is 0 Å². The van der Waals surface area contributed by atoms with Crippen LogP contribution < -0.4 is 5.32 Å². The lowest BCUT2D eigenvalue weighted by Crippen LogP contribution is -2.41. The van der Waals surface area contributed by atoms with Crippen LogP contribution in [0, 0.1) is 5.92 Å². The molecule has 1 aromatic heterocycles. The third kappa shape index (κ3) is 2.69. The van der Waals surface area contributed by atoms with Gasteiger partial charge in [0.25, 0.3) is 0 Å². The van der Waals surface area contributed by atoms with Gasteiger partial charge in [0, 0.05) is 13.0 Å². The number of carboxylic acids is 1. The molecule has 1 atom stereocenters. The van der Waals surface area contributed by atoms with Crippen molar-refractivity contribution in [1.82, 2.24) is 20.1 Å². The molecule has 100 valence electrons. The van der Waals surface area contributed by atoms with E-state index in [4.69, 9.17) is 5.11 Å². The topological polar surface area (TPSA) is 80.0 Å². The number of rotatable bonds is 5. The summed E-state index contributed by atoms with van der Waals surface area (Å²) in [4.78, 5) is 11.1. The maximum atomic E-state index is 11.1. The van der Waals surface area contributed by atoms with Gasteiger partial charge in [0.2, 0.25) is 0 Å². The number of nitrogens with one attached hydrogen (secondary N) is 1. The minimum absolute atomic E-state index is 0.0475.